The number of hydrogen-bond acceptors (Lipinski definition) is 9. The number of nitrogens with zero attached hydrogens (tertiary/aromatic N) is 6. The Morgan fingerprint density at radius 2 is 0.416 bits per heavy atom. The van der Waals surface area contributed by atoms with Crippen LogP contribution in [0.4, 0.5) is 0 Å². The first-order chi connectivity index (χ1) is 55.0. The topological polar surface area (TPSA) is 200 Å². The lowest BCUT2D eigenvalue weighted by atomic mass is 10.1. The Morgan fingerprint density at radius 3 is 0.602 bits per heavy atom. The molecule has 0 fully saturated rings. The van der Waals surface area contributed by atoms with Crippen molar-refractivity contribution in [2.75, 3.05) is 0 Å². The summed E-state index contributed by atoms with van der Waals surface area (Å²) in [5, 5.41) is 44.3. The molecule has 0 amide bonds. The molecule has 614 valence electrons. The van der Waals surface area contributed by atoms with Gasteiger partial charge in [0, 0.05) is 17.1 Å². The number of aromatic nitrogens is 12. The van der Waals surface area contributed by atoms with Crippen LogP contribution in [0, 0.1) is 0 Å². The summed E-state index contributed by atoms with van der Waals surface area (Å²) in [6, 6.07) is 76.2. The molecule has 15 heteroatoms. The lowest BCUT2D eigenvalue weighted by Crippen LogP contribution is -2.02. The van der Waals surface area contributed by atoms with Crippen molar-refractivity contribution in [3.8, 4) is 0 Å². The number of benzene rings is 6. The van der Waals surface area contributed by atoms with Gasteiger partial charge >= 0.3 is 0 Å². The fraction of sp³-hybridized carbons (Fsp3) is 0.449. The molecule has 0 atom stereocenters. The Morgan fingerprint density at radius 1 is 0.221 bits per heavy atom. The number of nitrogens with one attached hydrogen (secondary N) is 6. The van der Waals surface area contributed by atoms with Crippen molar-refractivity contribution in [2.24, 2.45) is 0 Å². The molecule has 12 aromatic rings. The molecule has 0 saturated heterocycles. The molecule has 0 unspecified atom stereocenters. The first-order valence-corrected chi connectivity index (χ1v) is 42.3. The van der Waals surface area contributed by atoms with Crippen LogP contribution >= 0.6 is 0 Å². The summed E-state index contributed by atoms with van der Waals surface area (Å²) >= 11 is 0. The number of rotatable bonds is 33. The Hall–Kier alpha value is -9.54. The van der Waals surface area contributed by atoms with Crippen molar-refractivity contribution in [2.45, 2.75) is 291 Å². The molecule has 0 aliphatic carbocycles. The van der Waals surface area contributed by atoms with Crippen LogP contribution < -0.4 is 0 Å². The van der Waals surface area contributed by atoms with Crippen LogP contribution in [-0.4, -0.2) is 79.5 Å². The van der Waals surface area contributed by atoms with Crippen molar-refractivity contribution in [3.63, 3.8) is 0 Å². The van der Waals surface area contributed by atoms with E-state index in [0.717, 1.165) is 111 Å². The second-order valence-electron chi connectivity index (χ2n) is 28.6. The Labute approximate surface area is 682 Å². The van der Waals surface area contributed by atoms with Crippen LogP contribution in [-0.2, 0) is 111 Å². The van der Waals surface area contributed by atoms with E-state index >= 15 is 0 Å². The van der Waals surface area contributed by atoms with Gasteiger partial charge in [0.2, 0.25) is 0 Å². The number of H-pyrrole nitrogens is 6. The maximum Gasteiger partial charge on any atom is 0.0885 e. The zero-order valence-electron chi connectivity index (χ0n) is 72.9. The van der Waals surface area contributed by atoms with Crippen molar-refractivity contribution >= 4 is 0 Å². The highest BCUT2D eigenvalue weighted by molar-refractivity contribution is 5.23. The van der Waals surface area contributed by atoms with Gasteiger partial charge in [0.15, 0.2) is 0 Å². The van der Waals surface area contributed by atoms with E-state index in [2.05, 4.69) is 303 Å². The molecule has 0 spiro atoms. The SMILES string of the molecule is CC.CC.CC.CC.CC(C)OCc1cc(CCc2ccccc2)n[nH]1.CC(C)OCc1cc(CCc2ccccc2)n[nH]1.CC(C)OCc1cc(CCc2ccccc2)n[nH]1.CC(C)c1cc(CCCc2ccccc2)[nH]n1.CC(C)c1cc(CCCc2ccccc2)[nH]n1.CC(C)c1cc(CCCc2ccccc2)[nH]n1. The van der Waals surface area contributed by atoms with Crippen LogP contribution in [0.3, 0.4) is 0 Å². The summed E-state index contributed by atoms with van der Waals surface area (Å²) in [6.07, 6.45) is 16.9. The zero-order valence-corrected chi connectivity index (χ0v) is 72.9. The Kier molecular flexibility index (Phi) is 52.7. The molecule has 113 heavy (non-hydrogen) atoms. The lowest BCUT2D eigenvalue weighted by molar-refractivity contribution is 0.0634. The molecule has 0 aliphatic heterocycles. The second-order valence-corrected chi connectivity index (χ2v) is 28.6. The monoisotopic (exact) mass is 1540 g/mol. The fourth-order valence-electron chi connectivity index (χ4n) is 11.1. The molecule has 0 radical (unpaired) electrons. The quantitative estimate of drug-likeness (QED) is 0.0232. The third-order valence-electron chi connectivity index (χ3n) is 17.3. The van der Waals surface area contributed by atoms with E-state index in [1.807, 2.05) is 115 Å². The summed E-state index contributed by atoms with van der Waals surface area (Å²) in [5.74, 6) is 1.53. The van der Waals surface area contributed by atoms with E-state index in [0.29, 0.717) is 37.6 Å². The van der Waals surface area contributed by atoms with E-state index < -0.39 is 0 Å². The van der Waals surface area contributed by atoms with Gasteiger partial charge in [-0.15, -0.1) is 0 Å². The molecule has 6 aromatic heterocycles. The van der Waals surface area contributed by atoms with Gasteiger partial charge in [0.05, 0.1) is 89.4 Å². The maximum atomic E-state index is 5.53. The second kappa shape index (κ2) is 61.0. The molecule has 6 heterocycles. The van der Waals surface area contributed by atoms with Crippen molar-refractivity contribution in [1.82, 2.24) is 61.2 Å². The van der Waals surface area contributed by atoms with Crippen molar-refractivity contribution in [1.29, 1.82) is 0 Å². The summed E-state index contributed by atoms with van der Waals surface area (Å²) < 4.78 is 16.6. The molecular formula is C98H144N12O3. The zero-order chi connectivity index (χ0) is 82.6. The minimum absolute atomic E-state index is 0.251. The molecule has 6 N–H and O–H groups in total. The molecule has 15 nitrogen and oxygen atoms in total. The van der Waals surface area contributed by atoms with Gasteiger partial charge < -0.3 is 14.2 Å². The third-order valence-corrected chi connectivity index (χ3v) is 17.3. The van der Waals surface area contributed by atoms with E-state index in [1.165, 1.54) is 86.8 Å². The van der Waals surface area contributed by atoms with Gasteiger partial charge in [-0.05, 0) is 225 Å². The normalized spacial score (nSPS) is 10.5. The van der Waals surface area contributed by atoms with Crippen LogP contribution in [0.1, 0.15) is 277 Å². The number of aromatic amines is 6. The van der Waals surface area contributed by atoms with E-state index in [-0.39, 0.29) is 18.3 Å². The summed E-state index contributed by atoms with van der Waals surface area (Å²) in [7, 11) is 0. The van der Waals surface area contributed by atoms with Crippen LogP contribution in [0.2, 0.25) is 0 Å². The highest BCUT2D eigenvalue weighted by Crippen LogP contribution is 2.19. The van der Waals surface area contributed by atoms with Gasteiger partial charge in [-0.1, -0.05) is 279 Å². The largest absolute Gasteiger partial charge is 0.373 e. The van der Waals surface area contributed by atoms with E-state index in [9.17, 15) is 0 Å². The first-order valence-electron chi connectivity index (χ1n) is 42.3. The van der Waals surface area contributed by atoms with Gasteiger partial charge in [-0.3, -0.25) is 30.6 Å². The average molecular weight is 1540 g/mol. The molecule has 0 aliphatic rings. The van der Waals surface area contributed by atoms with Gasteiger partial charge in [0.25, 0.3) is 0 Å². The average Bonchev–Trinajstić information content (AvgIpc) is 1.84. The summed E-state index contributed by atoms with van der Waals surface area (Å²) in [6.45, 7) is 43.1. The van der Waals surface area contributed by atoms with Crippen LogP contribution in [0.25, 0.3) is 0 Å². The predicted octanol–water partition coefficient (Wildman–Crippen LogP) is 24.6. The predicted molar refractivity (Wildman–Crippen MR) is 476 cm³/mol. The lowest BCUT2D eigenvalue weighted by Gasteiger charge is -2.04. The summed E-state index contributed by atoms with van der Waals surface area (Å²) in [5.41, 5.74) is 22.0. The smallest absolute Gasteiger partial charge is 0.0885 e. The van der Waals surface area contributed by atoms with Crippen LogP contribution in [0.15, 0.2) is 218 Å². The number of aryl methyl sites for hydroxylation is 12. The Balaban J connectivity index is 0.000000345. The molecule has 6 aromatic carbocycles. The van der Waals surface area contributed by atoms with Crippen LogP contribution in [0.5, 0.6) is 0 Å². The van der Waals surface area contributed by atoms with Gasteiger partial charge in [0.1, 0.15) is 0 Å². The Bertz CT molecular complexity index is 3680. The van der Waals surface area contributed by atoms with Crippen molar-refractivity contribution in [3.05, 3.63) is 320 Å². The third kappa shape index (κ3) is 44.5. The molecule has 0 saturated carbocycles. The maximum absolute atomic E-state index is 5.53. The van der Waals surface area contributed by atoms with Gasteiger partial charge in [-0.25, -0.2) is 0 Å². The number of ether oxygens (including phenoxy) is 3. The summed E-state index contributed by atoms with van der Waals surface area (Å²) in [4.78, 5) is 0. The minimum Gasteiger partial charge on any atom is -0.373 e. The number of hydrogen-bond donors (Lipinski definition) is 6. The highest BCUT2D eigenvalue weighted by atomic mass is 16.5. The van der Waals surface area contributed by atoms with Crippen molar-refractivity contribution < 1.29 is 14.2 Å². The standard InChI is InChI=1S/3C15H20N2O.3C15H20N2.4C2H6/c3*1-12(2)18-11-15-10-14(16-17-15)9-8-13-6-4-3-5-7-13;3*1-12(2)15-11-14(16-17-15)10-6-9-13-7-4-3-5-8-13;4*1-2/h3*3-7,10,12H,8-9,11H2,1-2H3,(H,16,17);3*3-5,7-8,11-12H,6,9-10H2,1-2H3,(H,16,17);4*1-2H3. The molecule has 12 rings (SSSR count). The minimum atomic E-state index is 0.251. The van der Waals surface area contributed by atoms with E-state index in [1.54, 1.807) is 0 Å². The highest BCUT2D eigenvalue weighted by Gasteiger charge is 2.10. The molecule has 0 bridgehead atoms. The van der Waals surface area contributed by atoms with Gasteiger partial charge in [-0.2, -0.15) is 30.6 Å². The molecular weight excluding hydrogens is 1390 g/mol. The van der Waals surface area contributed by atoms with E-state index in [4.69, 9.17) is 14.2 Å². The fourth-order valence-corrected chi connectivity index (χ4v) is 11.1. The first kappa shape index (κ1) is 97.7.